The van der Waals surface area contributed by atoms with E-state index in [1.165, 1.54) is 28.9 Å². The molecule has 0 unspecified atom stereocenters. The molecule has 1 aromatic heterocycles. The van der Waals surface area contributed by atoms with Crippen LogP contribution >= 0.6 is 11.3 Å². The molecule has 2 rings (SSSR count). The van der Waals surface area contributed by atoms with Crippen LogP contribution in [-0.2, 0) is 0 Å². The van der Waals surface area contributed by atoms with Crippen molar-refractivity contribution in [3.63, 3.8) is 0 Å². The Morgan fingerprint density at radius 1 is 1.60 bits per heavy atom. The average molecular weight is 221 g/mol. The number of rotatable bonds is 5. The molecule has 82 valence electrons. The van der Waals surface area contributed by atoms with Crippen molar-refractivity contribution >= 4 is 16.9 Å². The Morgan fingerprint density at radius 3 is 3.00 bits per heavy atom. The second-order valence-corrected chi connectivity index (χ2v) is 5.47. The lowest BCUT2D eigenvalue weighted by atomic mass is 10.1. The molecule has 1 aliphatic carbocycles. The largest absolute Gasteiger partial charge is 0.314 e. The smallest absolute Gasteiger partial charge is 0.00683 e. The predicted octanol–water partition coefficient (Wildman–Crippen LogP) is 3.60. The maximum absolute atomic E-state index is 3.53. The van der Waals surface area contributed by atoms with Gasteiger partial charge in [-0.1, -0.05) is 6.08 Å². The molecule has 0 aromatic carbocycles. The van der Waals surface area contributed by atoms with Gasteiger partial charge in [-0.05, 0) is 62.2 Å². The summed E-state index contributed by atoms with van der Waals surface area (Å²) in [7, 11) is 0. The van der Waals surface area contributed by atoms with Crippen molar-refractivity contribution in [2.75, 3.05) is 6.54 Å². The Labute approximate surface area is 96.2 Å². The minimum Gasteiger partial charge on any atom is -0.314 e. The number of thiophene rings is 1. The van der Waals surface area contributed by atoms with Gasteiger partial charge in [-0.2, -0.15) is 0 Å². The fourth-order valence-electron chi connectivity index (χ4n) is 1.63. The lowest BCUT2D eigenvalue weighted by Gasteiger charge is -2.00. The van der Waals surface area contributed by atoms with E-state index in [2.05, 4.69) is 36.7 Å². The van der Waals surface area contributed by atoms with Gasteiger partial charge in [0.15, 0.2) is 0 Å². The van der Waals surface area contributed by atoms with Crippen molar-refractivity contribution < 1.29 is 0 Å². The molecule has 1 aromatic rings. The van der Waals surface area contributed by atoms with Crippen LogP contribution < -0.4 is 5.32 Å². The third-order valence-electron chi connectivity index (χ3n) is 2.79. The standard InChI is InChI=1S/C13H19NS/c1-10(12-8-11(2)15-9-12)4-3-7-14-13-5-6-13/h4,8-9,13-14H,3,5-7H2,1-2H3. The van der Waals surface area contributed by atoms with Crippen molar-refractivity contribution in [3.8, 4) is 0 Å². The number of hydrogen-bond acceptors (Lipinski definition) is 2. The van der Waals surface area contributed by atoms with Crippen LogP contribution in [0.1, 0.15) is 36.6 Å². The average Bonchev–Trinajstić information content (AvgIpc) is 2.94. The highest BCUT2D eigenvalue weighted by atomic mass is 32.1. The number of aryl methyl sites for hydroxylation is 1. The molecule has 2 heteroatoms. The first-order chi connectivity index (χ1) is 7.25. The van der Waals surface area contributed by atoms with Crippen LogP contribution in [0.4, 0.5) is 0 Å². The van der Waals surface area contributed by atoms with Gasteiger partial charge in [0.2, 0.25) is 0 Å². The third kappa shape index (κ3) is 3.47. The van der Waals surface area contributed by atoms with Gasteiger partial charge in [0, 0.05) is 10.9 Å². The van der Waals surface area contributed by atoms with E-state index in [9.17, 15) is 0 Å². The molecule has 1 saturated carbocycles. The van der Waals surface area contributed by atoms with Gasteiger partial charge in [0.25, 0.3) is 0 Å². The highest BCUT2D eigenvalue weighted by Gasteiger charge is 2.19. The lowest BCUT2D eigenvalue weighted by molar-refractivity contribution is 0.690. The molecule has 1 nitrogen and oxygen atoms in total. The number of nitrogens with one attached hydrogen (secondary N) is 1. The van der Waals surface area contributed by atoms with Crippen LogP contribution in [0.3, 0.4) is 0 Å². The summed E-state index contributed by atoms with van der Waals surface area (Å²) < 4.78 is 0. The first kappa shape index (κ1) is 10.9. The fourth-order valence-corrected chi connectivity index (χ4v) is 2.39. The molecule has 0 saturated heterocycles. The molecular formula is C13H19NS. The highest BCUT2D eigenvalue weighted by molar-refractivity contribution is 7.10. The Balaban J connectivity index is 1.78. The van der Waals surface area contributed by atoms with Crippen LogP contribution in [0, 0.1) is 6.92 Å². The number of hydrogen-bond donors (Lipinski definition) is 1. The normalized spacial score (nSPS) is 17.1. The highest BCUT2D eigenvalue weighted by Crippen LogP contribution is 2.21. The summed E-state index contributed by atoms with van der Waals surface area (Å²) in [6, 6.07) is 3.10. The minimum absolute atomic E-state index is 0.835. The molecular weight excluding hydrogens is 202 g/mol. The van der Waals surface area contributed by atoms with E-state index in [1.54, 1.807) is 0 Å². The molecule has 0 radical (unpaired) electrons. The topological polar surface area (TPSA) is 12.0 Å². The molecule has 0 amide bonds. The van der Waals surface area contributed by atoms with E-state index < -0.39 is 0 Å². The van der Waals surface area contributed by atoms with E-state index in [4.69, 9.17) is 0 Å². The van der Waals surface area contributed by atoms with E-state index in [0.717, 1.165) is 19.0 Å². The molecule has 1 fully saturated rings. The minimum atomic E-state index is 0.835. The molecule has 0 atom stereocenters. The summed E-state index contributed by atoms with van der Waals surface area (Å²) in [6.07, 6.45) is 6.26. The molecule has 1 aliphatic rings. The van der Waals surface area contributed by atoms with E-state index >= 15 is 0 Å². The van der Waals surface area contributed by atoms with E-state index in [1.807, 2.05) is 11.3 Å². The Bertz CT molecular complexity index is 347. The van der Waals surface area contributed by atoms with Gasteiger partial charge in [-0.25, -0.2) is 0 Å². The van der Waals surface area contributed by atoms with Crippen molar-refractivity contribution in [1.82, 2.24) is 5.32 Å². The Hall–Kier alpha value is -0.600. The molecule has 0 aliphatic heterocycles. The summed E-state index contributed by atoms with van der Waals surface area (Å²) in [5.74, 6) is 0. The third-order valence-corrected chi connectivity index (χ3v) is 3.65. The lowest BCUT2D eigenvalue weighted by Crippen LogP contribution is -2.16. The summed E-state index contributed by atoms with van der Waals surface area (Å²) in [5.41, 5.74) is 2.81. The monoisotopic (exact) mass is 221 g/mol. The van der Waals surface area contributed by atoms with Crippen LogP contribution in [0.15, 0.2) is 17.5 Å². The maximum atomic E-state index is 3.53. The first-order valence-corrected chi connectivity index (χ1v) is 6.59. The zero-order valence-electron chi connectivity index (χ0n) is 9.55. The SMILES string of the molecule is CC(=CCCNC1CC1)c1csc(C)c1. The van der Waals surface area contributed by atoms with Crippen LogP contribution in [-0.4, -0.2) is 12.6 Å². The van der Waals surface area contributed by atoms with E-state index in [-0.39, 0.29) is 0 Å². The maximum Gasteiger partial charge on any atom is 0.00683 e. The Morgan fingerprint density at radius 2 is 2.40 bits per heavy atom. The van der Waals surface area contributed by atoms with Crippen molar-refractivity contribution in [3.05, 3.63) is 28.0 Å². The van der Waals surface area contributed by atoms with Crippen LogP contribution in [0.5, 0.6) is 0 Å². The second kappa shape index (κ2) is 4.95. The zero-order chi connectivity index (χ0) is 10.7. The van der Waals surface area contributed by atoms with Crippen molar-refractivity contribution in [2.45, 2.75) is 39.2 Å². The molecule has 15 heavy (non-hydrogen) atoms. The van der Waals surface area contributed by atoms with Gasteiger partial charge in [0.05, 0.1) is 0 Å². The van der Waals surface area contributed by atoms with Gasteiger partial charge < -0.3 is 5.32 Å². The van der Waals surface area contributed by atoms with Gasteiger partial charge in [0.1, 0.15) is 0 Å². The summed E-state index contributed by atoms with van der Waals surface area (Å²) in [4.78, 5) is 1.40. The summed E-state index contributed by atoms with van der Waals surface area (Å²) in [6.45, 7) is 5.50. The first-order valence-electron chi connectivity index (χ1n) is 5.71. The van der Waals surface area contributed by atoms with Gasteiger partial charge in [-0.15, -0.1) is 11.3 Å². The van der Waals surface area contributed by atoms with Crippen LogP contribution in [0.2, 0.25) is 0 Å². The molecule has 0 bridgehead atoms. The Kier molecular flexibility index (Phi) is 3.60. The second-order valence-electron chi connectivity index (χ2n) is 4.35. The van der Waals surface area contributed by atoms with Crippen LogP contribution in [0.25, 0.3) is 5.57 Å². The van der Waals surface area contributed by atoms with Gasteiger partial charge >= 0.3 is 0 Å². The quantitative estimate of drug-likeness (QED) is 0.749. The summed E-state index contributed by atoms with van der Waals surface area (Å²) in [5, 5.41) is 5.77. The summed E-state index contributed by atoms with van der Waals surface area (Å²) >= 11 is 1.83. The molecule has 1 N–H and O–H groups in total. The fraction of sp³-hybridized carbons (Fsp3) is 0.538. The van der Waals surface area contributed by atoms with Crippen molar-refractivity contribution in [1.29, 1.82) is 0 Å². The zero-order valence-corrected chi connectivity index (χ0v) is 10.4. The number of allylic oxidation sites excluding steroid dienone is 1. The van der Waals surface area contributed by atoms with Gasteiger partial charge in [-0.3, -0.25) is 0 Å². The molecule has 0 spiro atoms. The molecule has 1 heterocycles. The predicted molar refractivity (Wildman–Crippen MR) is 68.3 cm³/mol. The van der Waals surface area contributed by atoms with E-state index in [0.29, 0.717) is 0 Å². The van der Waals surface area contributed by atoms with Crippen molar-refractivity contribution in [2.24, 2.45) is 0 Å².